The highest BCUT2D eigenvalue weighted by molar-refractivity contribution is 9.10. The maximum absolute atomic E-state index is 12.6. The summed E-state index contributed by atoms with van der Waals surface area (Å²) in [5.41, 5.74) is 6.22. The Balaban J connectivity index is 2.13. The standard InChI is InChI=1S/C15H20BrClN2O/c1-10-4-6-15(9-18,7-5-10)14(20)19-13-3-2-11(17)8-12(13)16/h2-3,8,10H,4-7,9,18H2,1H3,(H,19,20). The monoisotopic (exact) mass is 358 g/mol. The van der Waals surface area contributed by atoms with Crippen molar-refractivity contribution in [3.8, 4) is 0 Å². The normalized spacial score (nSPS) is 26.3. The molecule has 1 aliphatic carbocycles. The van der Waals surface area contributed by atoms with E-state index in [2.05, 4.69) is 28.2 Å². The number of carbonyl (C=O) groups excluding carboxylic acids is 1. The molecule has 110 valence electrons. The van der Waals surface area contributed by atoms with Gasteiger partial charge in [-0.2, -0.15) is 0 Å². The lowest BCUT2D eigenvalue weighted by Crippen LogP contribution is -2.44. The topological polar surface area (TPSA) is 55.1 Å². The van der Waals surface area contributed by atoms with Gasteiger partial charge < -0.3 is 11.1 Å². The summed E-state index contributed by atoms with van der Waals surface area (Å²) in [5, 5.41) is 3.62. The van der Waals surface area contributed by atoms with Crippen LogP contribution in [-0.2, 0) is 4.79 Å². The molecule has 0 atom stereocenters. The number of hydrogen-bond donors (Lipinski definition) is 2. The maximum Gasteiger partial charge on any atom is 0.231 e. The molecular weight excluding hydrogens is 340 g/mol. The van der Waals surface area contributed by atoms with Gasteiger partial charge in [0.25, 0.3) is 0 Å². The van der Waals surface area contributed by atoms with E-state index in [9.17, 15) is 4.79 Å². The summed E-state index contributed by atoms with van der Waals surface area (Å²) in [6.45, 7) is 2.63. The van der Waals surface area contributed by atoms with Gasteiger partial charge in [-0.3, -0.25) is 4.79 Å². The smallest absolute Gasteiger partial charge is 0.231 e. The zero-order chi connectivity index (χ0) is 14.8. The molecule has 0 heterocycles. The second-order valence-corrected chi connectivity index (χ2v) is 7.04. The molecule has 3 N–H and O–H groups in total. The Morgan fingerprint density at radius 2 is 2.15 bits per heavy atom. The number of anilines is 1. The molecule has 20 heavy (non-hydrogen) atoms. The van der Waals surface area contributed by atoms with Gasteiger partial charge in [-0.1, -0.05) is 18.5 Å². The highest BCUT2D eigenvalue weighted by Crippen LogP contribution is 2.39. The fourth-order valence-corrected chi connectivity index (χ4v) is 3.47. The molecule has 1 aliphatic rings. The van der Waals surface area contributed by atoms with Gasteiger partial charge in [0.05, 0.1) is 11.1 Å². The van der Waals surface area contributed by atoms with Crippen molar-refractivity contribution in [2.75, 3.05) is 11.9 Å². The summed E-state index contributed by atoms with van der Waals surface area (Å²) >= 11 is 9.33. The molecule has 1 fully saturated rings. The molecule has 0 spiro atoms. The lowest BCUT2D eigenvalue weighted by molar-refractivity contribution is -0.127. The summed E-state index contributed by atoms with van der Waals surface area (Å²) in [5.74, 6) is 0.708. The first-order valence-electron chi connectivity index (χ1n) is 6.93. The molecule has 3 nitrogen and oxygen atoms in total. The predicted octanol–water partition coefficient (Wildman–Crippen LogP) is 4.20. The van der Waals surface area contributed by atoms with Gasteiger partial charge in [0, 0.05) is 16.0 Å². The van der Waals surface area contributed by atoms with Crippen molar-refractivity contribution in [1.82, 2.24) is 0 Å². The van der Waals surface area contributed by atoms with Crippen LogP contribution < -0.4 is 11.1 Å². The van der Waals surface area contributed by atoms with Crippen LogP contribution in [-0.4, -0.2) is 12.5 Å². The van der Waals surface area contributed by atoms with Crippen molar-refractivity contribution >= 4 is 39.1 Å². The van der Waals surface area contributed by atoms with Crippen LogP contribution in [0.15, 0.2) is 22.7 Å². The van der Waals surface area contributed by atoms with E-state index in [1.54, 1.807) is 18.2 Å². The van der Waals surface area contributed by atoms with Gasteiger partial charge in [-0.05, 0) is 65.7 Å². The highest BCUT2D eigenvalue weighted by Gasteiger charge is 2.39. The van der Waals surface area contributed by atoms with Crippen LogP contribution in [0.4, 0.5) is 5.69 Å². The minimum absolute atomic E-state index is 0.0231. The van der Waals surface area contributed by atoms with E-state index in [-0.39, 0.29) is 5.91 Å². The van der Waals surface area contributed by atoms with Crippen LogP contribution in [0, 0.1) is 11.3 Å². The number of hydrogen-bond acceptors (Lipinski definition) is 2. The molecule has 1 amide bonds. The van der Waals surface area contributed by atoms with Crippen LogP contribution in [0.2, 0.25) is 5.02 Å². The number of benzene rings is 1. The van der Waals surface area contributed by atoms with E-state index in [0.717, 1.165) is 35.8 Å². The summed E-state index contributed by atoms with van der Waals surface area (Å²) < 4.78 is 0.787. The lowest BCUT2D eigenvalue weighted by atomic mass is 9.70. The summed E-state index contributed by atoms with van der Waals surface area (Å²) in [4.78, 5) is 12.6. The fourth-order valence-electron chi connectivity index (χ4n) is 2.68. The highest BCUT2D eigenvalue weighted by atomic mass is 79.9. The average molecular weight is 360 g/mol. The number of halogens is 2. The largest absolute Gasteiger partial charge is 0.329 e. The second-order valence-electron chi connectivity index (χ2n) is 5.75. The van der Waals surface area contributed by atoms with E-state index in [1.807, 2.05) is 0 Å². The number of nitrogens with two attached hydrogens (primary N) is 1. The second kappa shape index (κ2) is 6.46. The molecule has 0 saturated heterocycles. The van der Waals surface area contributed by atoms with Crippen LogP contribution in [0.1, 0.15) is 32.6 Å². The summed E-state index contributed by atoms with van der Waals surface area (Å²) in [6.07, 6.45) is 3.85. The Morgan fingerprint density at radius 1 is 1.50 bits per heavy atom. The Labute approximate surface area is 133 Å². The zero-order valence-corrected chi connectivity index (χ0v) is 13.9. The van der Waals surface area contributed by atoms with Crippen LogP contribution in [0.5, 0.6) is 0 Å². The van der Waals surface area contributed by atoms with Crippen LogP contribution in [0.25, 0.3) is 0 Å². The predicted molar refractivity (Wildman–Crippen MR) is 86.9 cm³/mol. The molecule has 0 bridgehead atoms. The zero-order valence-electron chi connectivity index (χ0n) is 11.6. The number of carbonyl (C=O) groups is 1. The van der Waals surface area contributed by atoms with Gasteiger partial charge in [0.2, 0.25) is 5.91 Å². The Morgan fingerprint density at radius 3 is 2.70 bits per heavy atom. The van der Waals surface area contributed by atoms with Gasteiger partial charge in [-0.15, -0.1) is 0 Å². The minimum Gasteiger partial charge on any atom is -0.329 e. The van der Waals surface area contributed by atoms with Crippen molar-refractivity contribution in [2.24, 2.45) is 17.1 Å². The molecule has 0 aromatic heterocycles. The molecule has 0 radical (unpaired) electrons. The van der Waals surface area contributed by atoms with E-state index < -0.39 is 5.41 Å². The third-order valence-electron chi connectivity index (χ3n) is 4.28. The van der Waals surface area contributed by atoms with Gasteiger partial charge in [0.15, 0.2) is 0 Å². The van der Waals surface area contributed by atoms with Gasteiger partial charge in [0.1, 0.15) is 0 Å². The molecule has 0 unspecified atom stereocenters. The molecule has 1 saturated carbocycles. The molecule has 2 rings (SSSR count). The molecule has 1 aromatic carbocycles. The molecule has 0 aliphatic heterocycles. The molecule has 1 aromatic rings. The first kappa shape index (κ1) is 15.8. The SMILES string of the molecule is CC1CCC(CN)(C(=O)Nc2ccc(Cl)cc2Br)CC1. The number of rotatable bonds is 3. The summed E-state index contributed by atoms with van der Waals surface area (Å²) in [6, 6.07) is 5.34. The van der Waals surface area contributed by atoms with E-state index >= 15 is 0 Å². The quantitative estimate of drug-likeness (QED) is 0.850. The molecular formula is C15H20BrClN2O. The van der Waals surface area contributed by atoms with Gasteiger partial charge >= 0.3 is 0 Å². The maximum atomic E-state index is 12.6. The van der Waals surface area contributed by atoms with Crippen molar-refractivity contribution in [2.45, 2.75) is 32.6 Å². The van der Waals surface area contributed by atoms with E-state index in [4.69, 9.17) is 17.3 Å². The number of amides is 1. The Bertz CT molecular complexity index is 499. The lowest BCUT2D eigenvalue weighted by Gasteiger charge is -2.37. The van der Waals surface area contributed by atoms with Crippen LogP contribution >= 0.6 is 27.5 Å². The first-order chi connectivity index (χ1) is 9.47. The molecule has 5 heteroatoms. The van der Waals surface area contributed by atoms with Crippen molar-refractivity contribution < 1.29 is 4.79 Å². The van der Waals surface area contributed by atoms with Crippen molar-refractivity contribution in [3.05, 3.63) is 27.7 Å². The number of nitrogens with one attached hydrogen (secondary N) is 1. The average Bonchev–Trinajstić information content (AvgIpc) is 2.43. The van der Waals surface area contributed by atoms with E-state index in [1.165, 1.54) is 0 Å². The minimum atomic E-state index is -0.425. The third kappa shape index (κ3) is 3.35. The van der Waals surface area contributed by atoms with Gasteiger partial charge in [-0.25, -0.2) is 0 Å². The van der Waals surface area contributed by atoms with Crippen molar-refractivity contribution in [1.29, 1.82) is 0 Å². The first-order valence-corrected chi connectivity index (χ1v) is 8.10. The Kier molecular flexibility index (Phi) is 5.10. The Hall–Kier alpha value is -0.580. The fraction of sp³-hybridized carbons (Fsp3) is 0.533. The van der Waals surface area contributed by atoms with Crippen LogP contribution in [0.3, 0.4) is 0 Å². The van der Waals surface area contributed by atoms with Crippen molar-refractivity contribution in [3.63, 3.8) is 0 Å². The third-order valence-corrected chi connectivity index (χ3v) is 5.17. The van der Waals surface area contributed by atoms with E-state index in [0.29, 0.717) is 17.5 Å². The summed E-state index contributed by atoms with van der Waals surface area (Å²) in [7, 11) is 0.